The summed E-state index contributed by atoms with van der Waals surface area (Å²) in [5, 5.41) is 2.61. The molecular formula is C14H18FN3O2. The molecule has 6 heteroatoms. The van der Waals surface area contributed by atoms with E-state index in [-0.39, 0.29) is 11.6 Å². The summed E-state index contributed by atoms with van der Waals surface area (Å²) < 4.78 is 13.7. The monoisotopic (exact) mass is 279 g/mol. The number of carbonyl (C=O) groups is 2. The molecule has 20 heavy (non-hydrogen) atoms. The number of nitrogens with zero attached hydrogens (tertiary/aromatic N) is 1. The lowest BCUT2D eigenvalue weighted by atomic mass is 10.1. The molecule has 1 heterocycles. The molecule has 1 saturated heterocycles. The first-order valence-corrected chi connectivity index (χ1v) is 6.46. The first-order valence-electron chi connectivity index (χ1n) is 6.46. The molecule has 1 aliphatic heterocycles. The van der Waals surface area contributed by atoms with Crippen LogP contribution < -0.4 is 16.0 Å². The van der Waals surface area contributed by atoms with Crippen molar-refractivity contribution in [1.29, 1.82) is 0 Å². The lowest BCUT2D eigenvalue weighted by Crippen LogP contribution is -2.53. The number of benzene rings is 1. The molecule has 2 amide bonds. The maximum atomic E-state index is 13.7. The van der Waals surface area contributed by atoms with Gasteiger partial charge in [0.05, 0.1) is 11.2 Å². The zero-order valence-electron chi connectivity index (χ0n) is 11.5. The number of nitrogens with one attached hydrogen (secondary N) is 1. The maximum Gasteiger partial charge on any atom is 0.249 e. The van der Waals surface area contributed by atoms with Crippen LogP contribution in [0.3, 0.4) is 0 Å². The molecule has 0 aromatic heterocycles. The molecule has 0 radical (unpaired) electrons. The van der Waals surface area contributed by atoms with E-state index in [0.29, 0.717) is 13.0 Å². The molecule has 2 rings (SSSR count). The number of hydrogen-bond donors (Lipinski definition) is 2. The molecule has 5 nitrogen and oxygen atoms in total. The third kappa shape index (κ3) is 2.80. The highest BCUT2D eigenvalue weighted by Gasteiger charge is 2.36. The predicted octanol–water partition coefficient (Wildman–Crippen LogP) is 0.784. The molecule has 0 saturated carbocycles. The van der Waals surface area contributed by atoms with Gasteiger partial charge in [0.25, 0.3) is 0 Å². The van der Waals surface area contributed by atoms with Gasteiger partial charge in [-0.3, -0.25) is 9.59 Å². The van der Waals surface area contributed by atoms with Crippen molar-refractivity contribution in [3.8, 4) is 0 Å². The Kier molecular flexibility index (Phi) is 3.76. The second-order valence-corrected chi connectivity index (χ2v) is 5.48. The first kappa shape index (κ1) is 14.5. The van der Waals surface area contributed by atoms with Gasteiger partial charge in [0.2, 0.25) is 11.8 Å². The van der Waals surface area contributed by atoms with Crippen LogP contribution in [-0.2, 0) is 9.59 Å². The molecular weight excluding hydrogens is 261 g/mol. The second-order valence-electron chi connectivity index (χ2n) is 5.48. The van der Waals surface area contributed by atoms with Crippen LogP contribution in [0, 0.1) is 5.82 Å². The van der Waals surface area contributed by atoms with Gasteiger partial charge in [-0.15, -0.1) is 0 Å². The molecule has 0 aliphatic carbocycles. The van der Waals surface area contributed by atoms with Gasteiger partial charge in [0.1, 0.15) is 11.9 Å². The topological polar surface area (TPSA) is 75.4 Å². The minimum atomic E-state index is -1.05. The number of hydrogen-bond acceptors (Lipinski definition) is 3. The number of carbonyl (C=O) groups excluding carboxylic acids is 2. The Balaban J connectivity index is 2.11. The van der Waals surface area contributed by atoms with E-state index in [2.05, 4.69) is 5.32 Å². The molecule has 0 bridgehead atoms. The molecule has 3 N–H and O–H groups in total. The lowest BCUT2D eigenvalue weighted by Gasteiger charge is -2.21. The lowest BCUT2D eigenvalue weighted by molar-refractivity contribution is -0.129. The van der Waals surface area contributed by atoms with Crippen molar-refractivity contribution in [2.24, 2.45) is 5.73 Å². The Morgan fingerprint density at radius 3 is 2.70 bits per heavy atom. The average Bonchev–Trinajstić information content (AvgIpc) is 2.71. The fourth-order valence-electron chi connectivity index (χ4n) is 2.07. The molecule has 1 aromatic carbocycles. The minimum Gasteiger partial charge on any atom is -0.343 e. The summed E-state index contributed by atoms with van der Waals surface area (Å²) in [6, 6.07) is 5.43. The van der Waals surface area contributed by atoms with E-state index in [1.807, 2.05) is 0 Å². The van der Waals surface area contributed by atoms with Crippen molar-refractivity contribution in [2.45, 2.75) is 31.8 Å². The van der Waals surface area contributed by atoms with Gasteiger partial charge >= 0.3 is 0 Å². The van der Waals surface area contributed by atoms with E-state index in [1.54, 1.807) is 32.0 Å². The van der Waals surface area contributed by atoms with E-state index < -0.39 is 23.3 Å². The third-order valence-corrected chi connectivity index (χ3v) is 3.24. The second kappa shape index (κ2) is 5.20. The highest BCUT2D eigenvalue weighted by molar-refractivity contribution is 6.02. The summed E-state index contributed by atoms with van der Waals surface area (Å²) in [6.07, 6.45) is 0.439. The summed E-state index contributed by atoms with van der Waals surface area (Å²) in [5.74, 6) is -1.16. The summed E-state index contributed by atoms with van der Waals surface area (Å²) in [6.45, 7) is 3.50. The fraction of sp³-hybridized carbons (Fsp3) is 0.429. The van der Waals surface area contributed by atoms with Gasteiger partial charge in [-0.1, -0.05) is 12.1 Å². The van der Waals surface area contributed by atoms with Crippen molar-refractivity contribution in [3.63, 3.8) is 0 Å². The molecule has 0 spiro atoms. The minimum absolute atomic E-state index is 0.237. The number of halogens is 1. The van der Waals surface area contributed by atoms with Gasteiger partial charge < -0.3 is 16.0 Å². The Morgan fingerprint density at radius 2 is 2.10 bits per heavy atom. The van der Waals surface area contributed by atoms with Crippen molar-refractivity contribution in [2.75, 3.05) is 11.4 Å². The van der Waals surface area contributed by atoms with Crippen molar-refractivity contribution >= 4 is 17.5 Å². The van der Waals surface area contributed by atoms with Gasteiger partial charge in [0.15, 0.2) is 0 Å². The molecule has 1 unspecified atom stereocenters. The van der Waals surface area contributed by atoms with Gasteiger partial charge in [-0.2, -0.15) is 0 Å². The molecule has 1 aromatic rings. The smallest absolute Gasteiger partial charge is 0.249 e. The number of rotatable bonds is 3. The highest BCUT2D eigenvalue weighted by atomic mass is 19.1. The SMILES string of the molecule is CC(C)(N)C(=O)NC1CCN(c2ccccc2F)C1=O. The Morgan fingerprint density at radius 1 is 1.45 bits per heavy atom. The average molecular weight is 279 g/mol. The molecule has 1 aliphatic rings. The molecule has 108 valence electrons. The third-order valence-electron chi connectivity index (χ3n) is 3.24. The van der Waals surface area contributed by atoms with Crippen LogP contribution in [0.25, 0.3) is 0 Å². The van der Waals surface area contributed by atoms with E-state index in [1.165, 1.54) is 11.0 Å². The van der Waals surface area contributed by atoms with Crippen LogP contribution >= 0.6 is 0 Å². The van der Waals surface area contributed by atoms with Crippen molar-refractivity contribution in [3.05, 3.63) is 30.1 Å². The maximum absolute atomic E-state index is 13.7. The van der Waals surface area contributed by atoms with Crippen LogP contribution in [0.4, 0.5) is 10.1 Å². The van der Waals surface area contributed by atoms with Crippen LogP contribution in [0.15, 0.2) is 24.3 Å². The Bertz CT molecular complexity index is 539. The largest absolute Gasteiger partial charge is 0.343 e. The Hall–Kier alpha value is -1.95. The number of anilines is 1. The van der Waals surface area contributed by atoms with E-state index in [0.717, 1.165) is 0 Å². The van der Waals surface area contributed by atoms with E-state index in [4.69, 9.17) is 5.73 Å². The van der Waals surface area contributed by atoms with Gasteiger partial charge in [-0.05, 0) is 32.4 Å². The molecule has 1 fully saturated rings. The predicted molar refractivity (Wildman–Crippen MR) is 73.6 cm³/mol. The van der Waals surface area contributed by atoms with E-state index >= 15 is 0 Å². The van der Waals surface area contributed by atoms with Crippen LogP contribution in [-0.4, -0.2) is 29.9 Å². The van der Waals surface area contributed by atoms with Crippen molar-refractivity contribution in [1.82, 2.24) is 5.32 Å². The highest BCUT2D eigenvalue weighted by Crippen LogP contribution is 2.24. The standard InChI is InChI=1S/C14H18FN3O2/c1-14(2,16)13(20)17-10-7-8-18(12(10)19)11-6-4-3-5-9(11)15/h3-6,10H,7-8,16H2,1-2H3,(H,17,20). The molecule has 1 atom stereocenters. The Labute approximate surface area is 116 Å². The number of para-hydroxylation sites is 1. The van der Waals surface area contributed by atoms with Crippen LogP contribution in [0.5, 0.6) is 0 Å². The van der Waals surface area contributed by atoms with Crippen molar-refractivity contribution < 1.29 is 14.0 Å². The van der Waals surface area contributed by atoms with Gasteiger partial charge in [0, 0.05) is 6.54 Å². The first-order chi connectivity index (χ1) is 9.30. The van der Waals surface area contributed by atoms with E-state index in [9.17, 15) is 14.0 Å². The summed E-state index contributed by atoms with van der Waals surface area (Å²) in [4.78, 5) is 25.4. The zero-order chi connectivity index (χ0) is 14.9. The van der Waals surface area contributed by atoms with Crippen LogP contribution in [0.1, 0.15) is 20.3 Å². The number of amides is 2. The zero-order valence-corrected chi connectivity index (χ0v) is 11.5. The van der Waals surface area contributed by atoms with Gasteiger partial charge in [-0.25, -0.2) is 4.39 Å². The summed E-state index contributed by atoms with van der Waals surface area (Å²) in [7, 11) is 0. The quantitative estimate of drug-likeness (QED) is 0.858. The summed E-state index contributed by atoms with van der Waals surface area (Å²) >= 11 is 0. The fourth-order valence-corrected chi connectivity index (χ4v) is 2.07. The summed E-state index contributed by atoms with van der Waals surface area (Å²) in [5.41, 5.74) is 4.86. The number of nitrogens with two attached hydrogens (primary N) is 1. The van der Waals surface area contributed by atoms with Crippen LogP contribution in [0.2, 0.25) is 0 Å². The normalized spacial score (nSPS) is 19.3.